The van der Waals surface area contributed by atoms with E-state index in [1.165, 1.54) is 18.2 Å². The molecule has 1 aromatic rings. The summed E-state index contributed by atoms with van der Waals surface area (Å²) in [5.41, 5.74) is 6.25. The van der Waals surface area contributed by atoms with Gasteiger partial charge in [0.2, 0.25) is 0 Å². The van der Waals surface area contributed by atoms with E-state index in [0.717, 1.165) is 5.01 Å². The average molecular weight is 249 g/mol. The Morgan fingerprint density at radius 3 is 2.72 bits per heavy atom. The van der Waals surface area contributed by atoms with Gasteiger partial charge in [-0.2, -0.15) is 10.5 Å². The molecule has 1 aliphatic rings. The molecule has 0 bridgehead atoms. The number of nitrogens with one attached hydrogen (secondary N) is 2. The molecule has 8 heteroatoms. The smallest absolute Gasteiger partial charge is 0.271 e. The van der Waals surface area contributed by atoms with Crippen molar-refractivity contribution in [2.75, 3.05) is 5.01 Å². The number of hydrogen-bond donors (Lipinski definition) is 2. The van der Waals surface area contributed by atoms with E-state index in [0.29, 0.717) is 5.75 Å². The summed E-state index contributed by atoms with van der Waals surface area (Å²) in [6.07, 6.45) is 0. The number of non-ortho nitro benzene ring substituents is 1. The number of rotatable bonds is 2. The number of hydrogen-bond acceptors (Lipinski definition) is 6. The molecule has 0 unspecified atom stereocenters. The first-order valence-electron chi connectivity index (χ1n) is 5.11. The Hall–Kier alpha value is -2.51. The molecule has 1 heterocycles. The third kappa shape index (κ3) is 1.67. The minimum atomic E-state index is -0.937. The molecule has 0 saturated heterocycles. The van der Waals surface area contributed by atoms with Gasteiger partial charge in [0.05, 0.1) is 4.92 Å². The first-order chi connectivity index (χ1) is 8.36. The number of nitrogens with zero attached hydrogens (tertiary/aromatic N) is 3. The van der Waals surface area contributed by atoms with Crippen molar-refractivity contribution in [2.45, 2.75) is 19.4 Å². The van der Waals surface area contributed by atoms with Crippen molar-refractivity contribution in [1.82, 2.24) is 0 Å². The highest BCUT2D eigenvalue weighted by atomic mass is 16.6. The van der Waals surface area contributed by atoms with Crippen LogP contribution in [-0.2, 0) is 0 Å². The van der Waals surface area contributed by atoms with E-state index in [9.17, 15) is 10.1 Å². The molecule has 94 valence electrons. The molecule has 0 aromatic heterocycles. The van der Waals surface area contributed by atoms with Crippen molar-refractivity contribution < 1.29 is 9.66 Å². The van der Waals surface area contributed by atoms with Crippen LogP contribution in [0.15, 0.2) is 23.4 Å². The van der Waals surface area contributed by atoms with Crippen LogP contribution in [-0.4, -0.2) is 16.4 Å². The standard InChI is InChI=1S/C10H11N5O3/c1-10(2)9(11)14(13-12)7-5-6(15(16)17)3-4-8(7)18-10/h3-5,11-12H,1-2H3. The molecule has 1 aliphatic heterocycles. The summed E-state index contributed by atoms with van der Waals surface area (Å²) in [7, 11) is 0. The van der Waals surface area contributed by atoms with Gasteiger partial charge in [-0.1, -0.05) is 5.22 Å². The normalized spacial score (nSPS) is 16.8. The Kier molecular flexibility index (Phi) is 2.50. The zero-order chi connectivity index (χ0) is 13.5. The van der Waals surface area contributed by atoms with Gasteiger partial charge in [-0.15, -0.1) is 0 Å². The summed E-state index contributed by atoms with van der Waals surface area (Å²) < 4.78 is 5.57. The molecule has 18 heavy (non-hydrogen) atoms. The highest BCUT2D eigenvalue weighted by Gasteiger charge is 2.39. The molecule has 0 atom stereocenters. The van der Waals surface area contributed by atoms with Crippen LogP contribution < -0.4 is 9.75 Å². The van der Waals surface area contributed by atoms with Crippen molar-refractivity contribution in [3.8, 4) is 5.75 Å². The second-order valence-corrected chi connectivity index (χ2v) is 4.28. The third-order valence-electron chi connectivity index (χ3n) is 2.63. The maximum Gasteiger partial charge on any atom is 0.271 e. The van der Waals surface area contributed by atoms with E-state index in [-0.39, 0.29) is 17.2 Å². The summed E-state index contributed by atoms with van der Waals surface area (Å²) in [5.74, 6) is 0.308. The summed E-state index contributed by atoms with van der Waals surface area (Å²) in [6.45, 7) is 3.33. The van der Waals surface area contributed by atoms with E-state index in [4.69, 9.17) is 15.7 Å². The zero-order valence-electron chi connectivity index (χ0n) is 9.80. The number of nitro groups is 1. The van der Waals surface area contributed by atoms with E-state index in [2.05, 4.69) is 5.22 Å². The molecule has 1 aromatic carbocycles. The number of fused-ring (bicyclic) bond motifs is 1. The lowest BCUT2D eigenvalue weighted by atomic mass is 10.0. The molecule has 2 rings (SSSR count). The number of benzene rings is 1. The molecule has 8 nitrogen and oxygen atoms in total. The first kappa shape index (κ1) is 12.0. The maximum absolute atomic E-state index is 10.7. The summed E-state index contributed by atoms with van der Waals surface area (Å²) >= 11 is 0. The monoisotopic (exact) mass is 249 g/mol. The number of nitro benzene ring substituents is 1. The zero-order valence-corrected chi connectivity index (χ0v) is 9.80. The first-order valence-corrected chi connectivity index (χ1v) is 5.11. The van der Waals surface area contributed by atoms with E-state index >= 15 is 0 Å². The van der Waals surface area contributed by atoms with Gasteiger partial charge in [0.25, 0.3) is 5.69 Å². The van der Waals surface area contributed by atoms with E-state index in [1.54, 1.807) is 13.8 Å². The Bertz CT molecular complexity index is 554. The SMILES string of the molecule is CC1(C)Oc2ccc([N+](=O)[O-])cc2N(N=N)C1=N. The lowest BCUT2D eigenvalue weighted by Crippen LogP contribution is -2.49. The fourth-order valence-electron chi connectivity index (χ4n) is 1.67. The summed E-state index contributed by atoms with van der Waals surface area (Å²) in [4.78, 5) is 10.2. The van der Waals surface area contributed by atoms with Gasteiger partial charge in [-0.3, -0.25) is 15.5 Å². The molecule has 0 fully saturated rings. The Morgan fingerprint density at radius 1 is 1.50 bits per heavy atom. The van der Waals surface area contributed by atoms with Crippen molar-refractivity contribution in [1.29, 1.82) is 10.9 Å². The van der Waals surface area contributed by atoms with Gasteiger partial charge in [-0.25, -0.2) is 0 Å². The van der Waals surface area contributed by atoms with Gasteiger partial charge in [0.15, 0.2) is 11.4 Å². The van der Waals surface area contributed by atoms with Gasteiger partial charge >= 0.3 is 0 Å². The molecule has 0 amide bonds. The van der Waals surface area contributed by atoms with Crippen LogP contribution in [0.4, 0.5) is 11.4 Å². The van der Waals surface area contributed by atoms with Gasteiger partial charge in [-0.05, 0) is 19.9 Å². The fourth-order valence-corrected chi connectivity index (χ4v) is 1.67. The Labute approximate surface area is 102 Å². The minimum Gasteiger partial charge on any atom is -0.478 e. The van der Waals surface area contributed by atoms with Crippen LogP contribution in [0.2, 0.25) is 0 Å². The van der Waals surface area contributed by atoms with Crippen LogP contribution >= 0.6 is 0 Å². The Morgan fingerprint density at radius 2 is 2.17 bits per heavy atom. The van der Waals surface area contributed by atoms with E-state index < -0.39 is 10.5 Å². The number of amidine groups is 1. The average Bonchev–Trinajstić information content (AvgIpc) is 2.30. The molecule has 0 spiro atoms. The van der Waals surface area contributed by atoms with Crippen LogP contribution in [0, 0.1) is 21.1 Å². The lowest BCUT2D eigenvalue weighted by molar-refractivity contribution is -0.384. The molecule has 0 radical (unpaired) electrons. The van der Waals surface area contributed by atoms with Crippen LogP contribution in [0.25, 0.3) is 0 Å². The summed E-state index contributed by atoms with van der Waals surface area (Å²) in [5, 5.41) is 22.8. The lowest BCUT2D eigenvalue weighted by Gasteiger charge is -2.37. The van der Waals surface area contributed by atoms with Crippen molar-refractivity contribution in [3.05, 3.63) is 28.3 Å². The van der Waals surface area contributed by atoms with Crippen LogP contribution in [0.5, 0.6) is 5.75 Å². The van der Waals surface area contributed by atoms with Gasteiger partial charge in [0.1, 0.15) is 11.4 Å². The van der Waals surface area contributed by atoms with Gasteiger partial charge < -0.3 is 4.74 Å². The largest absolute Gasteiger partial charge is 0.478 e. The fraction of sp³-hybridized carbons (Fsp3) is 0.300. The quantitative estimate of drug-likeness (QED) is 0.475. The number of ether oxygens (including phenoxy) is 1. The Balaban J connectivity index is 2.60. The predicted octanol–water partition coefficient (Wildman–Crippen LogP) is 2.50. The van der Waals surface area contributed by atoms with Crippen molar-refractivity contribution in [2.24, 2.45) is 5.22 Å². The number of anilines is 1. The molecular formula is C10H11N5O3. The predicted molar refractivity (Wildman–Crippen MR) is 63.2 cm³/mol. The second-order valence-electron chi connectivity index (χ2n) is 4.28. The molecular weight excluding hydrogens is 238 g/mol. The molecule has 2 N–H and O–H groups in total. The summed E-state index contributed by atoms with van der Waals surface area (Å²) in [6, 6.07) is 3.99. The van der Waals surface area contributed by atoms with E-state index in [1.807, 2.05) is 0 Å². The maximum atomic E-state index is 10.7. The molecule has 0 saturated carbocycles. The third-order valence-corrected chi connectivity index (χ3v) is 2.63. The molecule has 0 aliphatic carbocycles. The highest BCUT2D eigenvalue weighted by molar-refractivity contribution is 6.03. The van der Waals surface area contributed by atoms with Gasteiger partial charge in [0, 0.05) is 12.1 Å². The second kappa shape index (κ2) is 3.76. The van der Waals surface area contributed by atoms with Crippen LogP contribution in [0.3, 0.4) is 0 Å². The van der Waals surface area contributed by atoms with Crippen LogP contribution in [0.1, 0.15) is 13.8 Å². The van der Waals surface area contributed by atoms with Crippen molar-refractivity contribution in [3.63, 3.8) is 0 Å². The van der Waals surface area contributed by atoms with Crippen molar-refractivity contribution >= 4 is 17.2 Å². The minimum absolute atomic E-state index is 0.0505. The highest BCUT2D eigenvalue weighted by Crippen LogP contribution is 2.40. The topological polar surface area (TPSA) is 116 Å².